The molecular weight excluding hydrogens is 412 g/mol. The molecule has 136 valence electrons. The number of hydrogen-bond donors (Lipinski definition) is 1. The van der Waals surface area contributed by atoms with Crippen LogP contribution in [-0.4, -0.2) is 24.5 Å². The SMILES string of the molecule is C=CCOc1ccc(C=C2C(=O)NC(=O)N(c3ccccc3)C2=O)cc1Br. The predicted molar refractivity (Wildman–Crippen MR) is 105 cm³/mol. The molecule has 2 aromatic carbocycles. The number of carbonyl (C=O) groups is 3. The highest BCUT2D eigenvalue weighted by molar-refractivity contribution is 9.10. The highest BCUT2D eigenvalue weighted by atomic mass is 79.9. The number of amides is 4. The van der Waals surface area contributed by atoms with Gasteiger partial charge in [0.1, 0.15) is 17.9 Å². The zero-order chi connectivity index (χ0) is 19.4. The van der Waals surface area contributed by atoms with Gasteiger partial charge in [0.25, 0.3) is 11.8 Å². The quantitative estimate of drug-likeness (QED) is 0.449. The van der Waals surface area contributed by atoms with Crippen LogP contribution in [0.5, 0.6) is 5.75 Å². The average molecular weight is 427 g/mol. The second-order valence-corrected chi connectivity index (χ2v) is 6.44. The van der Waals surface area contributed by atoms with Gasteiger partial charge >= 0.3 is 6.03 Å². The molecule has 0 spiro atoms. The minimum Gasteiger partial charge on any atom is -0.488 e. The highest BCUT2D eigenvalue weighted by Crippen LogP contribution is 2.28. The van der Waals surface area contributed by atoms with Crippen molar-refractivity contribution in [2.75, 3.05) is 11.5 Å². The van der Waals surface area contributed by atoms with Crippen molar-refractivity contribution < 1.29 is 19.1 Å². The van der Waals surface area contributed by atoms with Crippen molar-refractivity contribution in [1.29, 1.82) is 0 Å². The maximum absolute atomic E-state index is 12.8. The maximum Gasteiger partial charge on any atom is 0.335 e. The Morgan fingerprint density at radius 1 is 1.11 bits per heavy atom. The Morgan fingerprint density at radius 3 is 2.52 bits per heavy atom. The summed E-state index contributed by atoms with van der Waals surface area (Å²) in [7, 11) is 0. The van der Waals surface area contributed by atoms with Gasteiger partial charge in [-0.25, -0.2) is 9.69 Å². The number of benzene rings is 2. The lowest BCUT2D eigenvalue weighted by molar-refractivity contribution is -0.122. The van der Waals surface area contributed by atoms with Crippen LogP contribution in [0.2, 0.25) is 0 Å². The molecule has 0 bridgehead atoms. The molecule has 0 aliphatic carbocycles. The number of anilines is 1. The van der Waals surface area contributed by atoms with Gasteiger partial charge < -0.3 is 4.74 Å². The van der Waals surface area contributed by atoms with E-state index in [1.807, 2.05) is 0 Å². The fourth-order valence-corrected chi connectivity index (χ4v) is 3.02. The third-order valence-corrected chi connectivity index (χ3v) is 4.36. The van der Waals surface area contributed by atoms with E-state index in [2.05, 4.69) is 27.8 Å². The van der Waals surface area contributed by atoms with Gasteiger partial charge in [-0.3, -0.25) is 14.9 Å². The van der Waals surface area contributed by atoms with E-state index in [0.29, 0.717) is 28.1 Å². The Morgan fingerprint density at radius 2 is 1.85 bits per heavy atom. The number of urea groups is 1. The van der Waals surface area contributed by atoms with Crippen LogP contribution in [0.25, 0.3) is 6.08 Å². The molecule has 2 aromatic rings. The lowest BCUT2D eigenvalue weighted by atomic mass is 10.1. The molecule has 6 nitrogen and oxygen atoms in total. The zero-order valence-electron chi connectivity index (χ0n) is 14.1. The van der Waals surface area contributed by atoms with Crippen LogP contribution in [0.15, 0.2) is 71.2 Å². The summed E-state index contributed by atoms with van der Waals surface area (Å²) < 4.78 is 6.14. The number of nitrogens with zero attached hydrogens (tertiary/aromatic N) is 1. The molecule has 4 amide bonds. The Bertz CT molecular complexity index is 954. The van der Waals surface area contributed by atoms with Gasteiger partial charge in [-0.05, 0) is 51.8 Å². The van der Waals surface area contributed by atoms with E-state index in [-0.39, 0.29) is 5.57 Å². The lowest BCUT2D eigenvalue weighted by Crippen LogP contribution is -2.54. The van der Waals surface area contributed by atoms with Gasteiger partial charge in [-0.1, -0.05) is 36.9 Å². The van der Waals surface area contributed by atoms with E-state index < -0.39 is 17.8 Å². The van der Waals surface area contributed by atoms with E-state index in [1.165, 1.54) is 6.08 Å². The summed E-state index contributed by atoms with van der Waals surface area (Å²) in [6, 6.07) is 12.8. The predicted octanol–water partition coefficient (Wildman–Crippen LogP) is 3.68. The number of halogens is 1. The molecular formula is C20H15BrN2O4. The van der Waals surface area contributed by atoms with Gasteiger partial charge in [0.05, 0.1) is 10.2 Å². The molecule has 1 saturated heterocycles. The fraction of sp³-hybridized carbons (Fsp3) is 0.0500. The van der Waals surface area contributed by atoms with Gasteiger partial charge in [0, 0.05) is 0 Å². The van der Waals surface area contributed by atoms with Gasteiger partial charge in [-0.2, -0.15) is 0 Å². The standard InChI is InChI=1S/C20H15BrN2O4/c1-2-10-27-17-9-8-13(12-16(17)21)11-15-18(24)22-20(26)23(19(15)25)14-6-4-3-5-7-14/h2-9,11-12H,1,10H2,(H,22,24,26). The third-order valence-electron chi connectivity index (χ3n) is 3.74. The Kier molecular flexibility index (Phi) is 5.52. The number of rotatable bonds is 5. The molecule has 27 heavy (non-hydrogen) atoms. The maximum atomic E-state index is 12.8. The summed E-state index contributed by atoms with van der Waals surface area (Å²) in [5, 5.41) is 2.19. The molecule has 1 aliphatic rings. The van der Waals surface area contributed by atoms with Crippen LogP contribution in [-0.2, 0) is 9.59 Å². The normalized spacial score (nSPS) is 15.7. The van der Waals surface area contributed by atoms with E-state index >= 15 is 0 Å². The summed E-state index contributed by atoms with van der Waals surface area (Å²) in [5.74, 6) is -0.809. The molecule has 0 radical (unpaired) electrons. The minimum absolute atomic E-state index is 0.134. The summed E-state index contributed by atoms with van der Waals surface area (Å²) in [4.78, 5) is 38.0. The van der Waals surface area contributed by atoms with E-state index in [9.17, 15) is 14.4 Å². The van der Waals surface area contributed by atoms with Crippen molar-refractivity contribution in [3.05, 3.63) is 76.8 Å². The van der Waals surface area contributed by atoms with Crippen LogP contribution in [0.1, 0.15) is 5.56 Å². The third kappa shape index (κ3) is 3.98. The lowest BCUT2D eigenvalue weighted by Gasteiger charge is -2.26. The summed E-state index contributed by atoms with van der Waals surface area (Å²) in [6.07, 6.45) is 3.06. The molecule has 0 atom stereocenters. The molecule has 7 heteroatoms. The first-order valence-electron chi connectivity index (χ1n) is 8.01. The van der Waals surface area contributed by atoms with Crippen LogP contribution < -0.4 is 15.0 Å². The minimum atomic E-state index is -0.775. The first-order chi connectivity index (χ1) is 13.0. The Balaban J connectivity index is 1.93. The van der Waals surface area contributed by atoms with Crippen molar-refractivity contribution >= 4 is 45.5 Å². The first kappa shape index (κ1) is 18.6. The molecule has 0 unspecified atom stereocenters. The van der Waals surface area contributed by atoms with Crippen molar-refractivity contribution in [2.45, 2.75) is 0 Å². The summed E-state index contributed by atoms with van der Waals surface area (Å²) in [6.45, 7) is 3.95. The number of nitrogens with one attached hydrogen (secondary N) is 1. The number of carbonyl (C=O) groups excluding carboxylic acids is 3. The van der Waals surface area contributed by atoms with E-state index in [1.54, 1.807) is 54.6 Å². The molecule has 0 aromatic heterocycles. The number of ether oxygens (including phenoxy) is 1. The Labute approximate surface area is 164 Å². The monoisotopic (exact) mass is 426 g/mol. The van der Waals surface area contributed by atoms with Crippen molar-refractivity contribution in [3.8, 4) is 5.75 Å². The Hall–Kier alpha value is -3.19. The van der Waals surface area contributed by atoms with Crippen LogP contribution in [0.3, 0.4) is 0 Å². The average Bonchev–Trinajstić information content (AvgIpc) is 2.65. The van der Waals surface area contributed by atoms with Gasteiger partial charge in [0.15, 0.2) is 0 Å². The second-order valence-electron chi connectivity index (χ2n) is 5.58. The second kappa shape index (κ2) is 8.01. The van der Waals surface area contributed by atoms with Crippen LogP contribution in [0.4, 0.5) is 10.5 Å². The number of imide groups is 2. The molecule has 3 rings (SSSR count). The zero-order valence-corrected chi connectivity index (χ0v) is 15.7. The van der Waals surface area contributed by atoms with Crippen LogP contribution in [0, 0.1) is 0 Å². The van der Waals surface area contributed by atoms with Gasteiger partial charge in [-0.15, -0.1) is 0 Å². The van der Waals surface area contributed by atoms with E-state index in [0.717, 1.165) is 4.90 Å². The fourth-order valence-electron chi connectivity index (χ4n) is 2.51. The van der Waals surface area contributed by atoms with Crippen LogP contribution >= 0.6 is 15.9 Å². The summed E-state index contributed by atoms with van der Waals surface area (Å²) in [5.41, 5.74) is 0.853. The molecule has 0 saturated carbocycles. The molecule has 1 fully saturated rings. The van der Waals surface area contributed by atoms with Gasteiger partial charge in [0.2, 0.25) is 0 Å². The topological polar surface area (TPSA) is 75.7 Å². The highest BCUT2D eigenvalue weighted by Gasteiger charge is 2.36. The molecule has 1 heterocycles. The number of para-hydroxylation sites is 1. The van der Waals surface area contributed by atoms with Crippen molar-refractivity contribution in [2.24, 2.45) is 0 Å². The summed E-state index contributed by atoms with van der Waals surface area (Å²) >= 11 is 3.39. The van der Waals surface area contributed by atoms with Crippen molar-refractivity contribution in [3.63, 3.8) is 0 Å². The van der Waals surface area contributed by atoms with Crippen molar-refractivity contribution in [1.82, 2.24) is 5.32 Å². The molecule has 1 N–H and O–H groups in total. The molecule has 1 aliphatic heterocycles. The largest absolute Gasteiger partial charge is 0.488 e. The van der Waals surface area contributed by atoms with E-state index in [4.69, 9.17) is 4.74 Å². The number of hydrogen-bond acceptors (Lipinski definition) is 4. The number of barbiturate groups is 1. The smallest absolute Gasteiger partial charge is 0.335 e. The first-order valence-corrected chi connectivity index (χ1v) is 8.80.